The third-order valence-corrected chi connectivity index (χ3v) is 2.46. The van der Waals surface area contributed by atoms with E-state index >= 15 is 0 Å². The van der Waals surface area contributed by atoms with Crippen LogP contribution >= 0.6 is 0 Å². The number of nitrogens with one attached hydrogen (secondary N) is 1. The normalized spacial score (nSPS) is 10.1. The summed E-state index contributed by atoms with van der Waals surface area (Å²) >= 11 is 0. The van der Waals surface area contributed by atoms with Gasteiger partial charge in [-0.2, -0.15) is 0 Å². The van der Waals surface area contributed by atoms with Crippen molar-refractivity contribution in [3.63, 3.8) is 0 Å². The summed E-state index contributed by atoms with van der Waals surface area (Å²) in [5.74, 6) is -0.526. The Labute approximate surface area is 116 Å². The lowest BCUT2D eigenvalue weighted by Crippen LogP contribution is -2.10. The quantitative estimate of drug-likeness (QED) is 0.828. The van der Waals surface area contributed by atoms with E-state index in [2.05, 4.69) is 20.3 Å². The summed E-state index contributed by atoms with van der Waals surface area (Å²) in [6.45, 7) is 0.318. The molecule has 2 rings (SSSR count). The number of carbonyl (C=O) groups is 1. The molecule has 2 aromatic rings. The van der Waals surface area contributed by atoms with Crippen LogP contribution in [0.15, 0.2) is 30.9 Å². The van der Waals surface area contributed by atoms with Gasteiger partial charge in [-0.3, -0.25) is 0 Å². The van der Waals surface area contributed by atoms with Gasteiger partial charge in [0.05, 0.1) is 43.2 Å². The SMILES string of the molecule is COCc1ccc(Nc2cncnc2)c(C(=O)OC)n1. The van der Waals surface area contributed by atoms with Gasteiger partial charge in [-0.1, -0.05) is 0 Å². The van der Waals surface area contributed by atoms with E-state index in [9.17, 15) is 4.79 Å². The topological polar surface area (TPSA) is 86.2 Å². The molecule has 7 nitrogen and oxygen atoms in total. The van der Waals surface area contributed by atoms with E-state index in [0.29, 0.717) is 23.7 Å². The number of hydrogen-bond acceptors (Lipinski definition) is 7. The molecular weight excluding hydrogens is 260 g/mol. The highest BCUT2D eigenvalue weighted by molar-refractivity contribution is 5.94. The van der Waals surface area contributed by atoms with Crippen LogP contribution < -0.4 is 5.32 Å². The van der Waals surface area contributed by atoms with Gasteiger partial charge in [0.15, 0.2) is 5.69 Å². The van der Waals surface area contributed by atoms with E-state index in [1.165, 1.54) is 13.4 Å². The number of anilines is 2. The average molecular weight is 274 g/mol. The minimum absolute atomic E-state index is 0.186. The number of rotatable bonds is 5. The lowest BCUT2D eigenvalue weighted by molar-refractivity contribution is 0.0594. The smallest absolute Gasteiger partial charge is 0.358 e. The Kier molecular flexibility index (Phi) is 4.56. The fraction of sp³-hybridized carbons (Fsp3) is 0.231. The Morgan fingerprint density at radius 3 is 2.65 bits per heavy atom. The molecule has 0 aromatic carbocycles. The number of aromatic nitrogens is 3. The van der Waals surface area contributed by atoms with Crippen molar-refractivity contribution in [1.29, 1.82) is 0 Å². The van der Waals surface area contributed by atoms with Crippen molar-refractivity contribution in [2.45, 2.75) is 6.61 Å². The third-order valence-electron chi connectivity index (χ3n) is 2.46. The molecule has 0 saturated carbocycles. The lowest BCUT2D eigenvalue weighted by atomic mass is 10.2. The minimum atomic E-state index is -0.526. The Hall–Kier alpha value is -2.54. The molecule has 0 aliphatic heterocycles. The van der Waals surface area contributed by atoms with E-state index < -0.39 is 5.97 Å². The van der Waals surface area contributed by atoms with Gasteiger partial charge in [0.2, 0.25) is 0 Å². The van der Waals surface area contributed by atoms with Crippen molar-refractivity contribution in [3.05, 3.63) is 42.2 Å². The first-order valence-corrected chi connectivity index (χ1v) is 5.84. The van der Waals surface area contributed by atoms with Gasteiger partial charge >= 0.3 is 5.97 Å². The molecule has 0 saturated heterocycles. The summed E-state index contributed by atoms with van der Waals surface area (Å²) in [4.78, 5) is 23.8. The fourth-order valence-electron chi connectivity index (χ4n) is 1.60. The van der Waals surface area contributed by atoms with Crippen LogP contribution in [0.25, 0.3) is 0 Å². The van der Waals surface area contributed by atoms with Crippen LogP contribution in [-0.4, -0.2) is 35.1 Å². The Morgan fingerprint density at radius 2 is 2.00 bits per heavy atom. The second-order valence-electron chi connectivity index (χ2n) is 3.88. The second kappa shape index (κ2) is 6.58. The second-order valence-corrected chi connectivity index (χ2v) is 3.88. The van der Waals surface area contributed by atoms with Gasteiger partial charge in [0, 0.05) is 7.11 Å². The van der Waals surface area contributed by atoms with Gasteiger partial charge in [0.25, 0.3) is 0 Å². The molecule has 0 spiro atoms. The molecular formula is C13H14N4O3. The van der Waals surface area contributed by atoms with Crippen LogP contribution in [0.5, 0.6) is 0 Å². The van der Waals surface area contributed by atoms with E-state index in [1.807, 2.05) is 0 Å². The molecule has 20 heavy (non-hydrogen) atoms. The zero-order chi connectivity index (χ0) is 14.4. The number of esters is 1. The monoisotopic (exact) mass is 274 g/mol. The molecule has 0 aliphatic carbocycles. The maximum absolute atomic E-state index is 11.8. The standard InChI is InChI=1S/C13H14N4O3/c1-19-7-9-3-4-11(12(17-9)13(18)20-2)16-10-5-14-8-15-6-10/h3-6,8,16H,7H2,1-2H3. The summed E-state index contributed by atoms with van der Waals surface area (Å²) in [6, 6.07) is 3.50. The number of hydrogen-bond donors (Lipinski definition) is 1. The van der Waals surface area contributed by atoms with Gasteiger partial charge in [-0.15, -0.1) is 0 Å². The first kappa shape index (κ1) is 13.9. The van der Waals surface area contributed by atoms with Gasteiger partial charge in [-0.05, 0) is 12.1 Å². The van der Waals surface area contributed by atoms with Gasteiger partial charge < -0.3 is 14.8 Å². The van der Waals surface area contributed by atoms with Gasteiger partial charge in [-0.25, -0.2) is 19.7 Å². The fourth-order valence-corrected chi connectivity index (χ4v) is 1.60. The molecule has 0 bridgehead atoms. The van der Waals surface area contributed by atoms with Crippen molar-refractivity contribution < 1.29 is 14.3 Å². The predicted molar refractivity (Wildman–Crippen MR) is 71.6 cm³/mol. The number of ether oxygens (including phenoxy) is 2. The predicted octanol–water partition coefficient (Wildman–Crippen LogP) is 1.55. The maximum atomic E-state index is 11.8. The molecule has 0 atom stereocenters. The maximum Gasteiger partial charge on any atom is 0.358 e. The molecule has 7 heteroatoms. The van der Waals surface area contributed by atoms with Crippen LogP contribution in [0.4, 0.5) is 11.4 Å². The highest BCUT2D eigenvalue weighted by atomic mass is 16.5. The van der Waals surface area contributed by atoms with Crippen LogP contribution in [0.1, 0.15) is 16.2 Å². The van der Waals surface area contributed by atoms with E-state index in [1.54, 1.807) is 31.6 Å². The first-order valence-electron chi connectivity index (χ1n) is 5.84. The molecule has 104 valence electrons. The van der Waals surface area contributed by atoms with Crippen LogP contribution in [-0.2, 0) is 16.1 Å². The summed E-state index contributed by atoms with van der Waals surface area (Å²) in [7, 11) is 2.87. The number of methoxy groups -OCH3 is 2. The van der Waals surface area contributed by atoms with Crippen molar-refractivity contribution >= 4 is 17.3 Å². The average Bonchev–Trinajstić information content (AvgIpc) is 2.49. The molecule has 2 heterocycles. The molecule has 2 aromatic heterocycles. The van der Waals surface area contributed by atoms with Gasteiger partial charge in [0.1, 0.15) is 6.33 Å². The molecule has 0 fully saturated rings. The number of nitrogens with zero attached hydrogens (tertiary/aromatic N) is 3. The molecule has 0 unspecified atom stereocenters. The lowest BCUT2D eigenvalue weighted by Gasteiger charge is -2.11. The zero-order valence-corrected chi connectivity index (χ0v) is 11.2. The number of pyridine rings is 1. The van der Waals surface area contributed by atoms with Crippen LogP contribution in [0, 0.1) is 0 Å². The first-order chi connectivity index (χ1) is 9.74. The Balaban J connectivity index is 2.33. The zero-order valence-electron chi connectivity index (χ0n) is 11.2. The van der Waals surface area contributed by atoms with Crippen molar-refractivity contribution in [2.75, 3.05) is 19.5 Å². The van der Waals surface area contributed by atoms with Crippen LogP contribution in [0.2, 0.25) is 0 Å². The molecule has 0 radical (unpaired) electrons. The van der Waals surface area contributed by atoms with Crippen molar-refractivity contribution in [3.8, 4) is 0 Å². The third kappa shape index (κ3) is 3.27. The molecule has 0 amide bonds. The summed E-state index contributed by atoms with van der Waals surface area (Å²) in [5.41, 5.74) is 2.00. The van der Waals surface area contributed by atoms with E-state index in [4.69, 9.17) is 9.47 Å². The van der Waals surface area contributed by atoms with E-state index in [0.717, 1.165) is 0 Å². The molecule has 1 N–H and O–H groups in total. The minimum Gasteiger partial charge on any atom is -0.464 e. The largest absolute Gasteiger partial charge is 0.464 e. The summed E-state index contributed by atoms with van der Waals surface area (Å²) in [5, 5.41) is 3.03. The van der Waals surface area contributed by atoms with Crippen LogP contribution in [0.3, 0.4) is 0 Å². The number of carbonyl (C=O) groups excluding carboxylic acids is 1. The Morgan fingerprint density at radius 1 is 1.25 bits per heavy atom. The highest BCUT2D eigenvalue weighted by Crippen LogP contribution is 2.20. The summed E-state index contributed by atoms with van der Waals surface area (Å²) < 4.78 is 9.73. The van der Waals surface area contributed by atoms with Crippen molar-refractivity contribution in [2.24, 2.45) is 0 Å². The summed E-state index contributed by atoms with van der Waals surface area (Å²) in [6.07, 6.45) is 4.61. The van der Waals surface area contributed by atoms with E-state index in [-0.39, 0.29) is 5.69 Å². The Bertz CT molecular complexity index is 589. The molecule has 0 aliphatic rings. The van der Waals surface area contributed by atoms with Crippen molar-refractivity contribution in [1.82, 2.24) is 15.0 Å². The highest BCUT2D eigenvalue weighted by Gasteiger charge is 2.15.